The van der Waals surface area contributed by atoms with E-state index < -0.39 is 0 Å². The number of aliphatic hydroxyl groups is 1. The maximum absolute atomic E-state index is 12.2. The van der Waals surface area contributed by atoms with Crippen LogP contribution in [-0.2, 0) is 0 Å². The van der Waals surface area contributed by atoms with Gasteiger partial charge in [-0.1, -0.05) is 24.0 Å². The number of benzene rings is 2. The SMILES string of the molecule is CSc1ccccc1NC(=O)c1ccc(C#CCO)cc1. The minimum atomic E-state index is -0.173. The number of amides is 1. The summed E-state index contributed by atoms with van der Waals surface area (Å²) >= 11 is 1.59. The zero-order valence-corrected chi connectivity index (χ0v) is 12.4. The molecule has 0 saturated heterocycles. The van der Waals surface area contributed by atoms with Crippen molar-refractivity contribution >= 4 is 23.4 Å². The van der Waals surface area contributed by atoms with Crippen molar-refractivity contribution in [3.8, 4) is 11.8 Å². The number of thioether (sulfide) groups is 1. The molecule has 0 spiro atoms. The van der Waals surface area contributed by atoms with Gasteiger partial charge in [0.05, 0.1) is 5.69 Å². The third kappa shape index (κ3) is 4.12. The first-order valence-corrected chi connectivity index (χ1v) is 7.61. The second-order valence-corrected chi connectivity index (χ2v) is 5.04. The molecular formula is C17H15NO2S. The minimum absolute atomic E-state index is 0.154. The Balaban J connectivity index is 2.13. The van der Waals surface area contributed by atoms with Crippen LogP contribution in [0.5, 0.6) is 0 Å². The summed E-state index contributed by atoms with van der Waals surface area (Å²) in [5.41, 5.74) is 2.14. The van der Waals surface area contributed by atoms with Crippen molar-refractivity contribution in [2.45, 2.75) is 4.90 Å². The molecule has 4 heteroatoms. The number of aliphatic hydroxyl groups excluding tert-OH is 1. The van der Waals surface area contributed by atoms with Crippen molar-refractivity contribution < 1.29 is 9.90 Å². The minimum Gasteiger partial charge on any atom is -0.384 e. The third-order valence-electron chi connectivity index (χ3n) is 2.81. The Morgan fingerprint density at radius 1 is 1.19 bits per heavy atom. The van der Waals surface area contributed by atoms with Crippen LogP contribution in [0, 0.1) is 11.8 Å². The molecule has 21 heavy (non-hydrogen) atoms. The summed E-state index contributed by atoms with van der Waals surface area (Å²) in [4.78, 5) is 13.2. The number of hydrogen-bond acceptors (Lipinski definition) is 3. The van der Waals surface area contributed by atoms with Crippen LogP contribution in [0.15, 0.2) is 53.4 Å². The summed E-state index contributed by atoms with van der Waals surface area (Å²) in [6.45, 7) is -0.173. The molecule has 106 valence electrons. The number of rotatable bonds is 3. The third-order valence-corrected chi connectivity index (χ3v) is 3.61. The van der Waals surface area contributed by atoms with Gasteiger partial charge in [0.25, 0.3) is 5.91 Å². The van der Waals surface area contributed by atoms with Gasteiger partial charge in [-0.2, -0.15) is 0 Å². The molecule has 2 N–H and O–H groups in total. The van der Waals surface area contributed by atoms with Crippen molar-refractivity contribution in [1.82, 2.24) is 0 Å². The van der Waals surface area contributed by atoms with Gasteiger partial charge in [-0.3, -0.25) is 4.79 Å². The fourth-order valence-electron chi connectivity index (χ4n) is 1.79. The van der Waals surface area contributed by atoms with E-state index in [1.54, 1.807) is 36.0 Å². The molecule has 0 fully saturated rings. The van der Waals surface area contributed by atoms with Crippen LogP contribution in [0.3, 0.4) is 0 Å². The number of para-hydroxylation sites is 1. The molecule has 0 heterocycles. The van der Waals surface area contributed by atoms with Crippen LogP contribution >= 0.6 is 11.8 Å². The van der Waals surface area contributed by atoms with Crippen molar-refractivity contribution in [3.63, 3.8) is 0 Å². The lowest BCUT2D eigenvalue weighted by Gasteiger charge is -2.09. The molecule has 1 amide bonds. The average Bonchev–Trinajstić information content (AvgIpc) is 2.54. The molecule has 0 unspecified atom stereocenters. The van der Waals surface area contributed by atoms with Crippen molar-refractivity contribution in [2.75, 3.05) is 18.2 Å². The zero-order chi connectivity index (χ0) is 15.1. The predicted molar refractivity (Wildman–Crippen MR) is 86.6 cm³/mol. The van der Waals surface area contributed by atoms with Crippen LogP contribution < -0.4 is 5.32 Å². The summed E-state index contributed by atoms with van der Waals surface area (Å²) in [5.74, 6) is 5.21. The summed E-state index contributed by atoms with van der Waals surface area (Å²) in [6, 6.07) is 14.6. The number of carbonyl (C=O) groups is 1. The highest BCUT2D eigenvalue weighted by atomic mass is 32.2. The lowest BCUT2D eigenvalue weighted by Crippen LogP contribution is -2.12. The van der Waals surface area contributed by atoms with E-state index in [2.05, 4.69) is 17.2 Å². The van der Waals surface area contributed by atoms with Gasteiger partial charge in [0.15, 0.2) is 0 Å². The highest BCUT2D eigenvalue weighted by Gasteiger charge is 2.08. The number of hydrogen-bond donors (Lipinski definition) is 2. The maximum Gasteiger partial charge on any atom is 0.255 e. The second-order valence-electron chi connectivity index (χ2n) is 4.19. The van der Waals surface area contributed by atoms with E-state index in [1.807, 2.05) is 30.5 Å². The molecule has 2 aromatic carbocycles. The lowest BCUT2D eigenvalue weighted by atomic mass is 10.1. The summed E-state index contributed by atoms with van der Waals surface area (Å²) in [6.07, 6.45) is 1.97. The van der Waals surface area contributed by atoms with Gasteiger partial charge in [-0.15, -0.1) is 11.8 Å². The Hall–Kier alpha value is -2.22. The monoisotopic (exact) mass is 297 g/mol. The highest BCUT2D eigenvalue weighted by molar-refractivity contribution is 7.98. The highest BCUT2D eigenvalue weighted by Crippen LogP contribution is 2.25. The van der Waals surface area contributed by atoms with Crippen LogP contribution in [0.25, 0.3) is 0 Å². The Labute approximate surface area is 128 Å². The number of anilines is 1. The van der Waals surface area contributed by atoms with E-state index in [1.165, 1.54) is 0 Å². The number of carbonyl (C=O) groups excluding carboxylic acids is 1. The second kappa shape index (κ2) is 7.53. The van der Waals surface area contributed by atoms with E-state index in [-0.39, 0.29) is 12.5 Å². The predicted octanol–water partition coefficient (Wildman–Crippen LogP) is 3.00. The fraction of sp³-hybridized carbons (Fsp3) is 0.118. The molecular weight excluding hydrogens is 282 g/mol. The molecule has 0 aliphatic carbocycles. The van der Waals surface area contributed by atoms with Gasteiger partial charge in [0.2, 0.25) is 0 Å². The van der Waals surface area contributed by atoms with Gasteiger partial charge < -0.3 is 10.4 Å². The molecule has 3 nitrogen and oxygen atoms in total. The summed E-state index contributed by atoms with van der Waals surface area (Å²) in [5, 5.41) is 11.5. The van der Waals surface area contributed by atoms with Gasteiger partial charge in [0, 0.05) is 16.0 Å². The average molecular weight is 297 g/mol. The molecule has 0 aliphatic heterocycles. The van der Waals surface area contributed by atoms with Gasteiger partial charge in [-0.05, 0) is 42.7 Å². The molecule has 0 aliphatic rings. The summed E-state index contributed by atoms with van der Waals surface area (Å²) < 4.78 is 0. The van der Waals surface area contributed by atoms with Crippen molar-refractivity contribution in [1.29, 1.82) is 0 Å². The summed E-state index contributed by atoms with van der Waals surface area (Å²) in [7, 11) is 0. The standard InChI is InChI=1S/C17H15NO2S/c1-21-16-7-3-2-6-15(16)18-17(20)14-10-8-13(9-11-14)5-4-12-19/h2-3,6-11,19H,12H2,1H3,(H,18,20). The van der Waals surface area contributed by atoms with Crippen molar-refractivity contribution in [3.05, 3.63) is 59.7 Å². The Morgan fingerprint density at radius 2 is 1.90 bits per heavy atom. The van der Waals surface area contributed by atoms with E-state index >= 15 is 0 Å². The van der Waals surface area contributed by atoms with E-state index in [0.29, 0.717) is 5.56 Å². The van der Waals surface area contributed by atoms with Crippen molar-refractivity contribution in [2.24, 2.45) is 0 Å². The Bertz CT molecular complexity index is 684. The quantitative estimate of drug-likeness (QED) is 0.676. The molecule has 0 atom stereocenters. The lowest BCUT2D eigenvalue weighted by molar-refractivity contribution is 0.102. The maximum atomic E-state index is 12.2. The van der Waals surface area contributed by atoms with E-state index in [9.17, 15) is 4.79 Å². The zero-order valence-electron chi connectivity index (χ0n) is 11.6. The molecule has 2 aromatic rings. The van der Waals surface area contributed by atoms with Gasteiger partial charge in [-0.25, -0.2) is 0 Å². The first kappa shape index (κ1) is 15.2. The van der Waals surface area contributed by atoms with Crippen LogP contribution in [0.1, 0.15) is 15.9 Å². The first-order valence-electron chi connectivity index (χ1n) is 6.38. The molecule has 0 aromatic heterocycles. The van der Waals surface area contributed by atoms with Gasteiger partial charge in [0.1, 0.15) is 6.61 Å². The molecule has 2 rings (SSSR count). The smallest absolute Gasteiger partial charge is 0.255 e. The van der Waals surface area contributed by atoms with Crippen LogP contribution in [0.2, 0.25) is 0 Å². The number of nitrogens with one attached hydrogen (secondary N) is 1. The normalized spacial score (nSPS) is 9.62. The fourth-order valence-corrected chi connectivity index (χ4v) is 2.34. The molecule has 0 bridgehead atoms. The first-order chi connectivity index (χ1) is 10.2. The molecule has 0 saturated carbocycles. The van der Waals surface area contributed by atoms with E-state index in [4.69, 9.17) is 5.11 Å². The topological polar surface area (TPSA) is 49.3 Å². The van der Waals surface area contributed by atoms with Crippen LogP contribution in [-0.4, -0.2) is 23.9 Å². The Morgan fingerprint density at radius 3 is 2.57 bits per heavy atom. The van der Waals surface area contributed by atoms with Crippen LogP contribution in [0.4, 0.5) is 5.69 Å². The Kier molecular flexibility index (Phi) is 5.44. The molecule has 0 radical (unpaired) electrons. The van der Waals surface area contributed by atoms with Gasteiger partial charge >= 0.3 is 0 Å². The van der Waals surface area contributed by atoms with E-state index in [0.717, 1.165) is 16.1 Å². The largest absolute Gasteiger partial charge is 0.384 e.